The van der Waals surface area contributed by atoms with Crippen molar-refractivity contribution >= 4 is 11.8 Å². The number of hydrogen-bond acceptors (Lipinski definition) is 3. The van der Waals surface area contributed by atoms with Crippen molar-refractivity contribution in [3.8, 4) is 0 Å². The largest absolute Gasteiger partial charge is 0.354 e. The van der Waals surface area contributed by atoms with Crippen LogP contribution in [0.2, 0.25) is 0 Å². The third kappa shape index (κ3) is 2.47. The van der Waals surface area contributed by atoms with Gasteiger partial charge in [-0.3, -0.25) is 9.59 Å². The van der Waals surface area contributed by atoms with Gasteiger partial charge in [0.2, 0.25) is 5.91 Å². The van der Waals surface area contributed by atoms with E-state index in [9.17, 15) is 9.59 Å². The van der Waals surface area contributed by atoms with Crippen LogP contribution in [0, 0.1) is 5.41 Å². The second kappa shape index (κ2) is 4.68. The molecule has 0 aromatic carbocycles. The molecule has 0 saturated heterocycles. The first-order valence-corrected chi connectivity index (χ1v) is 6.40. The van der Waals surface area contributed by atoms with Gasteiger partial charge in [0.25, 0.3) is 5.91 Å². The van der Waals surface area contributed by atoms with Crippen molar-refractivity contribution in [2.75, 3.05) is 13.6 Å². The highest BCUT2D eigenvalue weighted by Gasteiger charge is 2.31. The number of imidazole rings is 1. The zero-order chi connectivity index (χ0) is 14.2. The monoisotopic (exact) mass is 264 g/mol. The van der Waals surface area contributed by atoms with Gasteiger partial charge in [-0.1, -0.05) is 20.8 Å². The van der Waals surface area contributed by atoms with Crippen LogP contribution < -0.4 is 5.32 Å². The van der Waals surface area contributed by atoms with Gasteiger partial charge in [0.15, 0.2) is 0 Å². The summed E-state index contributed by atoms with van der Waals surface area (Å²) in [4.78, 5) is 30.0. The van der Waals surface area contributed by atoms with Crippen LogP contribution in [0.25, 0.3) is 0 Å². The van der Waals surface area contributed by atoms with Crippen molar-refractivity contribution < 1.29 is 9.59 Å². The number of nitrogens with zero attached hydrogens (tertiary/aromatic N) is 3. The third-order valence-corrected chi connectivity index (χ3v) is 3.25. The molecular formula is C13H20N4O2. The quantitative estimate of drug-likeness (QED) is 0.809. The van der Waals surface area contributed by atoms with Gasteiger partial charge in [-0.25, -0.2) is 4.98 Å². The number of aromatic nitrogens is 2. The Bertz CT molecular complexity index is 513. The Labute approximate surface area is 112 Å². The average molecular weight is 264 g/mol. The molecule has 19 heavy (non-hydrogen) atoms. The summed E-state index contributed by atoms with van der Waals surface area (Å²) in [6.07, 6.45) is 1.57. The van der Waals surface area contributed by atoms with Gasteiger partial charge in [0, 0.05) is 25.6 Å². The van der Waals surface area contributed by atoms with Crippen LogP contribution in [0.5, 0.6) is 0 Å². The lowest BCUT2D eigenvalue weighted by Crippen LogP contribution is -2.44. The number of fused-ring (bicyclic) bond motifs is 1. The highest BCUT2D eigenvalue weighted by Crippen LogP contribution is 2.22. The molecule has 0 aliphatic carbocycles. The summed E-state index contributed by atoms with van der Waals surface area (Å²) in [5.74, 6) is 0.736. The number of rotatable bonds is 1. The van der Waals surface area contributed by atoms with E-state index in [1.807, 2.05) is 25.3 Å². The molecule has 2 heterocycles. The number of carbonyl (C=O) groups excluding carboxylic acids is 2. The summed E-state index contributed by atoms with van der Waals surface area (Å²) in [5.41, 5.74) is 0.165. The van der Waals surface area contributed by atoms with E-state index >= 15 is 0 Å². The second-order valence-corrected chi connectivity index (χ2v) is 5.77. The minimum Gasteiger partial charge on any atom is -0.354 e. The molecule has 2 rings (SSSR count). The van der Waals surface area contributed by atoms with Gasteiger partial charge >= 0.3 is 0 Å². The summed E-state index contributed by atoms with van der Waals surface area (Å²) in [7, 11) is 1.60. The van der Waals surface area contributed by atoms with E-state index in [1.54, 1.807) is 18.1 Å². The molecular weight excluding hydrogens is 244 g/mol. The fourth-order valence-corrected chi connectivity index (χ4v) is 2.22. The maximum absolute atomic E-state index is 12.2. The molecule has 0 saturated carbocycles. The molecule has 1 aliphatic heterocycles. The fourth-order valence-electron chi connectivity index (χ4n) is 2.22. The number of nitrogens with one attached hydrogen (secondary N) is 1. The van der Waals surface area contributed by atoms with Gasteiger partial charge in [-0.15, -0.1) is 0 Å². The SMILES string of the molecule is CNC(=O)c1cnc2n1CCN(C(=O)C(C)(C)C)C2. The van der Waals surface area contributed by atoms with Crippen molar-refractivity contribution in [2.24, 2.45) is 5.41 Å². The molecule has 0 radical (unpaired) electrons. The van der Waals surface area contributed by atoms with Crippen LogP contribution in [-0.4, -0.2) is 39.9 Å². The first-order chi connectivity index (χ1) is 8.84. The highest BCUT2D eigenvalue weighted by molar-refractivity contribution is 5.92. The molecule has 0 spiro atoms. The smallest absolute Gasteiger partial charge is 0.269 e. The molecule has 0 unspecified atom stereocenters. The third-order valence-electron chi connectivity index (χ3n) is 3.25. The van der Waals surface area contributed by atoms with E-state index in [0.717, 1.165) is 5.82 Å². The predicted octanol–water partition coefficient (Wildman–Crippen LogP) is 0.631. The Kier molecular flexibility index (Phi) is 3.34. The van der Waals surface area contributed by atoms with Gasteiger partial charge in [0.05, 0.1) is 12.7 Å². The van der Waals surface area contributed by atoms with Gasteiger partial charge in [-0.05, 0) is 0 Å². The standard InChI is InChI=1S/C13H20N4O2/c1-13(2,3)12(19)16-5-6-17-9(11(18)14-4)7-15-10(17)8-16/h7H,5-6,8H2,1-4H3,(H,14,18). The van der Waals surface area contributed by atoms with Crippen molar-refractivity contribution in [2.45, 2.75) is 33.9 Å². The summed E-state index contributed by atoms with van der Waals surface area (Å²) >= 11 is 0. The summed E-state index contributed by atoms with van der Waals surface area (Å²) in [5, 5.41) is 2.60. The minimum absolute atomic E-state index is 0.114. The second-order valence-electron chi connectivity index (χ2n) is 5.77. The zero-order valence-corrected chi connectivity index (χ0v) is 11.9. The topological polar surface area (TPSA) is 67.2 Å². The first kappa shape index (κ1) is 13.6. The molecule has 104 valence electrons. The summed E-state index contributed by atoms with van der Waals surface area (Å²) in [6.45, 7) is 7.42. The Balaban J connectivity index is 2.20. The van der Waals surface area contributed by atoms with Crippen LogP contribution in [0.3, 0.4) is 0 Å². The molecule has 0 fully saturated rings. The highest BCUT2D eigenvalue weighted by atomic mass is 16.2. The van der Waals surface area contributed by atoms with Crippen LogP contribution in [0.4, 0.5) is 0 Å². The predicted molar refractivity (Wildman–Crippen MR) is 70.5 cm³/mol. The van der Waals surface area contributed by atoms with E-state index in [-0.39, 0.29) is 11.8 Å². The maximum atomic E-state index is 12.2. The number of hydrogen-bond donors (Lipinski definition) is 1. The van der Waals surface area contributed by atoms with E-state index in [1.165, 1.54) is 0 Å². The van der Waals surface area contributed by atoms with Crippen molar-refractivity contribution in [3.63, 3.8) is 0 Å². The molecule has 1 aromatic heterocycles. The van der Waals surface area contributed by atoms with Gasteiger partial charge in [-0.2, -0.15) is 0 Å². The van der Waals surface area contributed by atoms with E-state index in [2.05, 4.69) is 10.3 Å². The molecule has 2 amide bonds. The van der Waals surface area contributed by atoms with Gasteiger partial charge < -0.3 is 14.8 Å². The molecule has 1 aromatic rings. The first-order valence-electron chi connectivity index (χ1n) is 6.40. The van der Waals surface area contributed by atoms with E-state index in [4.69, 9.17) is 0 Å². The molecule has 6 nitrogen and oxygen atoms in total. The van der Waals surface area contributed by atoms with Crippen LogP contribution in [0.15, 0.2) is 6.20 Å². The van der Waals surface area contributed by atoms with Gasteiger partial charge in [0.1, 0.15) is 11.5 Å². The van der Waals surface area contributed by atoms with Crippen LogP contribution >= 0.6 is 0 Å². The lowest BCUT2D eigenvalue weighted by atomic mass is 9.94. The van der Waals surface area contributed by atoms with Crippen molar-refractivity contribution in [1.82, 2.24) is 19.8 Å². The minimum atomic E-state index is -0.390. The summed E-state index contributed by atoms with van der Waals surface area (Å²) < 4.78 is 1.88. The lowest BCUT2D eigenvalue weighted by Gasteiger charge is -2.33. The van der Waals surface area contributed by atoms with Crippen LogP contribution in [-0.2, 0) is 17.9 Å². The van der Waals surface area contributed by atoms with Crippen molar-refractivity contribution in [3.05, 3.63) is 17.7 Å². The van der Waals surface area contributed by atoms with Crippen LogP contribution in [0.1, 0.15) is 37.1 Å². The normalized spacial score (nSPS) is 15.1. The molecule has 0 atom stereocenters. The Morgan fingerprint density at radius 2 is 2.00 bits per heavy atom. The number of carbonyl (C=O) groups is 2. The fraction of sp³-hybridized carbons (Fsp3) is 0.615. The van der Waals surface area contributed by atoms with E-state index in [0.29, 0.717) is 25.3 Å². The molecule has 1 aliphatic rings. The Morgan fingerprint density at radius 3 is 2.58 bits per heavy atom. The summed E-state index contributed by atoms with van der Waals surface area (Å²) in [6, 6.07) is 0. The van der Waals surface area contributed by atoms with Crippen molar-refractivity contribution in [1.29, 1.82) is 0 Å². The Hall–Kier alpha value is -1.85. The molecule has 6 heteroatoms. The average Bonchev–Trinajstić information content (AvgIpc) is 2.78. The number of amides is 2. The zero-order valence-electron chi connectivity index (χ0n) is 11.9. The molecule has 0 bridgehead atoms. The molecule has 1 N–H and O–H groups in total. The van der Waals surface area contributed by atoms with E-state index < -0.39 is 5.41 Å². The lowest BCUT2D eigenvalue weighted by molar-refractivity contribution is -0.141. The maximum Gasteiger partial charge on any atom is 0.269 e. The Morgan fingerprint density at radius 1 is 1.32 bits per heavy atom.